The summed E-state index contributed by atoms with van der Waals surface area (Å²) in [5.41, 5.74) is 0. The third-order valence-corrected chi connectivity index (χ3v) is 15.1. The molecule has 0 bridgehead atoms. The molecule has 3 unspecified atom stereocenters. The van der Waals surface area contributed by atoms with Gasteiger partial charge in [0.25, 0.3) is 7.82 Å². The highest BCUT2D eigenvalue weighted by Crippen LogP contribution is 2.38. The van der Waals surface area contributed by atoms with Gasteiger partial charge >= 0.3 is 5.97 Å². The zero-order valence-electron chi connectivity index (χ0n) is 51.2. The summed E-state index contributed by atoms with van der Waals surface area (Å²) in [5, 5.41) is 3.01. The van der Waals surface area contributed by atoms with Crippen LogP contribution in [0.25, 0.3) is 0 Å². The van der Waals surface area contributed by atoms with Crippen molar-refractivity contribution >= 4 is 19.7 Å². The highest BCUT2D eigenvalue weighted by atomic mass is 31.2. The topological polar surface area (TPSA) is 114 Å². The molecule has 77 heavy (non-hydrogen) atoms. The maximum absolute atomic E-state index is 13.5. The number of quaternary nitrogens is 1. The Morgan fingerprint density at radius 1 is 0.481 bits per heavy atom. The number of amides is 1. The number of hydrogen-bond acceptors (Lipinski definition) is 7. The van der Waals surface area contributed by atoms with Gasteiger partial charge in [0.15, 0.2) is 0 Å². The van der Waals surface area contributed by atoms with E-state index >= 15 is 0 Å². The number of rotatable bonds is 58. The Balaban J connectivity index is 4.98. The molecule has 0 rings (SSSR count). The van der Waals surface area contributed by atoms with Crippen molar-refractivity contribution in [1.82, 2.24) is 5.32 Å². The summed E-state index contributed by atoms with van der Waals surface area (Å²) in [6, 6.07) is -0.899. The Kier molecular flexibility index (Phi) is 54.8. The Hall–Kier alpha value is -2.55. The fraction of sp³-hybridized carbons (Fsp3) is 0.791. The number of hydrogen-bond donors (Lipinski definition) is 1. The predicted molar refractivity (Wildman–Crippen MR) is 330 cm³/mol. The maximum Gasteiger partial charge on any atom is 0.306 e. The van der Waals surface area contributed by atoms with Crippen LogP contribution in [0.15, 0.2) is 72.9 Å². The van der Waals surface area contributed by atoms with Crippen molar-refractivity contribution < 1.29 is 37.3 Å². The number of ether oxygens (including phenoxy) is 1. The first-order valence-electron chi connectivity index (χ1n) is 32.3. The second kappa shape index (κ2) is 56.7. The number of allylic oxidation sites excluding steroid dienone is 11. The number of nitrogens with one attached hydrogen (secondary N) is 1. The van der Waals surface area contributed by atoms with E-state index in [0.29, 0.717) is 23.9 Å². The lowest BCUT2D eigenvalue weighted by Crippen LogP contribution is -2.47. The zero-order chi connectivity index (χ0) is 56.4. The normalized spacial score (nSPS) is 14.1. The third kappa shape index (κ3) is 57.9. The molecule has 9 nitrogen and oxygen atoms in total. The average molecular weight is 1100 g/mol. The van der Waals surface area contributed by atoms with Crippen LogP contribution in [0.1, 0.15) is 290 Å². The first-order valence-corrected chi connectivity index (χ1v) is 33.7. The molecule has 0 heterocycles. The van der Waals surface area contributed by atoms with E-state index in [1.54, 1.807) is 0 Å². The first kappa shape index (κ1) is 74.5. The van der Waals surface area contributed by atoms with Gasteiger partial charge in [0.1, 0.15) is 19.3 Å². The van der Waals surface area contributed by atoms with Crippen molar-refractivity contribution in [2.75, 3.05) is 40.9 Å². The van der Waals surface area contributed by atoms with Crippen LogP contribution in [0.2, 0.25) is 0 Å². The summed E-state index contributed by atoms with van der Waals surface area (Å²) >= 11 is 0. The van der Waals surface area contributed by atoms with Gasteiger partial charge in [0.2, 0.25) is 5.91 Å². The molecule has 0 aliphatic carbocycles. The molecule has 3 atom stereocenters. The molecule has 0 radical (unpaired) electrons. The van der Waals surface area contributed by atoms with E-state index in [4.69, 9.17) is 13.8 Å². The predicted octanol–water partition coefficient (Wildman–Crippen LogP) is 19.4. The molecule has 10 heteroatoms. The summed E-state index contributed by atoms with van der Waals surface area (Å²) in [6.07, 6.45) is 73.2. The second-order valence-electron chi connectivity index (χ2n) is 22.9. The second-order valence-corrected chi connectivity index (χ2v) is 24.4. The molecule has 1 amide bonds. The molecular formula is C67H123N2O7P. The molecular weight excluding hydrogens is 976 g/mol. The summed E-state index contributed by atoms with van der Waals surface area (Å²) in [5.74, 6) is -0.561. The SMILES string of the molecule is CC/C=C/C=C/C=C\CCCCCCCC(=O)NC(COP(=O)([O-])OCC[N+](C)(C)C)C(/C=C\CCCCCCCCCCC)OC(=O)CCCCCCCCCCCCCCCCCCC/C=C\C/C=C\CCCCC. The average Bonchev–Trinajstić information content (AvgIpc) is 3.39. The lowest BCUT2D eigenvalue weighted by Gasteiger charge is -2.30. The van der Waals surface area contributed by atoms with Crippen LogP contribution in [0.4, 0.5) is 0 Å². The quantitative estimate of drug-likeness (QED) is 0.0161. The third-order valence-electron chi connectivity index (χ3n) is 14.2. The van der Waals surface area contributed by atoms with E-state index in [0.717, 1.165) is 83.5 Å². The van der Waals surface area contributed by atoms with Crippen molar-refractivity contribution in [3.63, 3.8) is 0 Å². The van der Waals surface area contributed by atoms with E-state index in [9.17, 15) is 19.0 Å². The Morgan fingerprint density at radius 3 is 1.36 bits per heavy atom. The van der Waals surface area contributed by atoms with Gasteiger partial charge in [-0.15, -0.1) is 0 Å². The minimum absolute atomic E-state index is 0.0279. The van der Waals surface area contributed by atoms with Crippen LogP contribution >= 0.6 is 7.82 Å². The van der Waals surface area contributed by atoms with Gasteiger partial charge in [0, 0.05) is 12.8 Å². The number of esters is 1. The van der Waals surface area contributed by atoms with Crippen LogP contribution < -0.4 is 10.2 Å². The molecule has 0 fully saturated rings. The molecule has 0 aromatic carbocycles. The van der Waals surface area contributed by atoms with Crippen molar-refractivity contribution in [3.8, 4) is 0 Å². The van der Waals surface area contributed by atoms with E-state index in [1.165, 1.54) is 167 Å². The van der Waals surface area contributed by atoms with Gasteiger partial charge in [0.05, 0.1) is 33.8 Å². The van der Waals surface area contributed by atoms with Gasteiger partial charge in [-0.05, 0) is 83.1 Å². The van der Waals surface area contributed by atoms with Crippen LogP contribution in [0, 0.1) is 0 Å². The number of carbonyl (C=O) groups is 2. The fourth-order valence-electron chi connectivity index (χ4n) is 9.20. The molecule has 0 saturated heterocycles. The van der Waals surface area contributed by atoms with Gasteiger partial charge in [-0.3, -0.25) is 14.2 Å². The van der Waals surface area contributed by atoms with E-state index < -0.39 is 26.6 Å². The van der Waals surface area contributed by atoms with E-state index in [2.05, 4.69) is 80.8 Å². The highest BCUT2D eigenvalue weighted by molar-refractivity contribution is 7.45. The van der Waals surface area contributed by atoms with Crippen molar-refractivity contribution in [2.45, 2.75) is 303 Å². The molecule has 448 valence electrons. The van der Waals surface area contributed by atoms with Crippen molar-refractivity contribution in [3.05, 3.63) is 72.9 Å². The Morgan fingerprint density at radius 2 is 0.883 bits per heavy atom. The summed E-state index contributed by atoms with van der Waals surface area (Å²) in [6.45, 7) is 6.67. The summed E-state index contributed by atoms with van der Waals surface area (Å²) in [7, 11) is 1.17. The number of nitrogens with zero attached hydrogens (tertiary/aromatic N) is 1. The molecule has 1 N–H and O–H groups in total. The lowest BCUT2D eigenvalue weighted by atomic mass is 10.0. The minimum Gasteiger partial charge on any atom is -0.756 e. The standard InChI is InChI=1S/C67H123N2O7P/c1-7-10-13-16-19-22-25-27-28-29-30-31-32-33-34-35-36-37-38-39-40-42-45-48-51-54-57-60-67(71)76-65(58-55-52-49-46-43-24-21-18-15-12-9-3)64(63-75-77(72,73)74-62-61-69(4,5)6)68-66(70)59-56-53-50-47-44-41-26-23-20-17-14-11-8-2/h11,14,17,19-20,22-23,26-28,55,58,64-65H,7-10,12-13,15-16,18,21,24-25,29-54,56-57,59-63H2,1-6H3,(H-,68,70,72,73)/b14-11+,20-17+,22-19-,26-23-,28-27-,58-55-. The lowest BCUT2D eigenvalue weighted by molar-refractivity contribution is -0.870. The molecule has 0 spiro atoms. The van der Waals surface area contributed by atoms with Crippen LogP contribution in [-0.2, 0) is 27.9 Å². The highest BCUT2D eigenvalue weighted by Gasteiger charge is 2.27. The molecule has 0 aliphatic rings. The maximum atomic E-state index is 13.5. The first-order chi connectivity index (χ1) is 37.4. The molecule has 0 aromatic rings. The number of phosphoric ester groups is 1. The fourth-order valence-corrected chi connectivity index (χ4v) is 9.92. The minimum atomic E-state index is -4.70. The smallest absolute Gasteiger partial charge is 0.306 e. The van der Waals surface area contributed by atoms with Gasteiger partial charge in [-0.2, -0.15) is 0 Å². The number of phosphoric acid groups is 1. The molecule has 0 aromatic heterocycles. The number of carbonyl (C=O) groups excluding carboxylic acids is 2. The van der Waals surface area contributed by atoms with Crippen LogP contribution in [-0.4, -0.2) is 69.4 Å². The van der Waals surface area contributed by atoms with Crippen LogP contribution in [0.3, 0.4) is 0 Å². The van der Waals surface area contributed by atoms with Gasteiger partial charge in [-0.25, -0.2) is 0 Å². The van der Waals surface area contributed by atoms with Gasteiger partial charge in [-0.1, -0.05) is 267 Å². The Bertz CT molecular complexity index is 1550. The van der Waals surface area contributed by atoms with E-state index in [-0.39, 0.29) is 24.9 Å². The monoisotopic (exact) mass is 1100 g/mol. The van der Waals surface area contributed by atoms with Crippen LogP contribution in [0.5, 0.6) is 0 Å². The molecule has 0 saturated carbocycles. The largest absolute Gasteiger partial charge is 0.756 e. The van der Waals surface area contributed by atoms with Crippen molar-refractivity contribution in [1.29, 1.82) is 0 Å². The number of unbranched alkanes of at least 4 members (excludes halogenated alkanes) is 34. The summed E-state index contributed by atoms with van der Waals surface area (Å²) in [4.78, 5) is 39.9. The molecule has 0 aliphatic heterocycles. The van der Waals surface area contributed by atoms with Gasteiger partial charge < -0.3 is 28.5 Å². The summed E-state index contributed by atoms with van der Waals surface area (Å²) < 4.78 is 30.3. The number of likely N-dealkylation sites (N-methyl/N-ethyl adjacent to an activating group) is 1. The van der Waals surface area contributed by atoms with E-state index in [1.807, 2.05) is 39.4 Å². The van der Waals surface area contributed by atoms with Crippen molar-refractivity contribution in [2.24, 2.45) is 0 Å². The zero-order valence-corrected chi connectivity index (χ0v) is 52.0. The Labute approximate surface area is 476 Å².